The minimum absolute atomic E-state index is 0.204. The van der Waals surface area contributed by atoms with Gasteiger partial charge in [0.2, 0.25) is 0 Å². The first-order chi connectivity index (χ1) is 10.4. The number of nitrogens with zero attached hydrogens (tertiary/aromatic N) is 1. The van der Waals surface area contributed by atoms with Gasteiger partial charge in [-0.3, -0.25) is 9.69 Å². The predicted octanol–water partition coefficient (Wildman–Crippen LogP) is 4.44. The normalized spacial score (nSPS) is 20.8. The molecule has 1 amide bonds. The molecule has 22 heavy (non-hydrogen) atoms. The molecule has 0 fully saturated rings. The summed E-state index contributed by atoms with van der Waals surface area (Å²) in [7, 11) is 0. The van der Waals surface area contributed by atoms with Gasteiger partial charge in [-0.05, 0) is 17.2 Å². The van der Waals surface area contributed by atoms with E-state index in [1.807, 2.05) is 6.92 Å². The van der Waals surface area contributed by atoms with Crippen molar-refractivity contribution >= 4 is 11.6 Å². The molecule has 2 nitrogen and oxygen atoms in total. The molecular weight excluding hydrogens is 291 g/mol. The lowest BCUT2D eigenvalue weighted by atomic mass is 9.92. The van der Waals surface area contributed by atoms with Gasteiger partial charge in [0.15, 0.2) is 0 Å². The first kappa shape index (κ1) is 14.6. The van der Waals surface area contributed by atoms with Gasteiger partial charge in [0, 0.05) is 11.6 Å². The number of rotatable bonds is 1. The molecule has 1 aliphatic heterocycles. The molecule has 0 saturated heterocycles. The molecule has 0 aliphatic carbocycles. The molecule has 0 saturated carbocycles. The Labute approximate surface area is 126 Å². The van der Waals surface area contributed by atoms with Gasteiger partial charge in [-0.1, -0.05) is 55.5 Å². The molecule has 1 aliphatic rings. The van der Waals surface area contributed by atoms with Crippen molar-refractivity contribution in [3.63, 3.8) is 0 Å². The van der Waals surface area contributed by atoms with Crippen LogP contribution in [-0.2, 0) is 4.79 Å². The summed E-state index contributed by atoms with van der Waals surface area (Å²) in [6, 6.07) is 15.0. The van der Waals surface area contributed by atoms with Crippen molar-refractivity contribution in [1.29, 1.82) is 0 Å². The first-order valence-corrected chi connectivity index (χ1v) is 6.95. The molecule has 5 heteroatoms. The van der Waals surface area contributed by atoms with Crippen LogP contribution < -0.4 is 4.90 Å². The van der Waals surface area contributed by atoms with E-state index in [0.29, 0.717) is 11.3 Å². The molecule has 2 atom stereocenters. The van der Waals surface area contributed by atoms with Gasteiger partial charge >= 0.3 is 12.1 Å². The summed E-state index contributed by atoms with van der Waals surface area (Å²) in [5.74, 6) is -2.02. The van der Waals surface area contributed by atoms with Crippen LogP contribution >= 0.6 is 0 Å². The lowest BCUT2D eigenvalue weighted by Gasteiger charge is -2.28. The molecule has 0 bridgehead atoms. The monoisotopic (exact) mass is 305 g/mol. The molecule has 2 aromatic carbocycles. The van der Waals surface area contributed by atoms with E-state index in [0.717, 1.165) is 10.5 Å². The maximum Gasteiger partial charge on any atom is 0.471 e. The van der Waals surface area contributed by atoms with Crippen molar-refractivity contribution in [3.05, 3.63) is 65.7 Å². The Bertz CT molecular complexity index is 697. The van der Waals surface area contributed by atoms with Crippen LogP contribution in [0.3, 0.4) is 0 Å². The number of hydrogen-bond donors (Lipinski definition) is 0. The summed E-state index contributed by atoms with van der Waals surface area (Å²) in [5, 5.41) is 0. The average molecular weight is 305 g/mol. The third kappa shape index (κ3) is 2.26. The van der Waals surface area contributed by atoms with Crippen LogP contribution in [0.25, 0.3) is 0 Å². The standard InChI is InChI=1S/C17H14F3NO/c1-11-13-9-5-6-10-14(13)21(16(22)17(18,19)20)15(11)12-7-3-2-4-8-12/h2-11,15H,1H3/t11-,15-/m1/s1. The molecule has 0 spiro atoms. The van der Waals surface area contributed by atoms with Crippen molar-refractivity contribution in [2.45, 2.75) is 25.1 Å². The highest BCUT2D eigenvalue weighted by atomic mass is 19.4. The largest absolute Gasteiger partial charge is 0.471 e. The zero-order valence-corrected chi connectivity index (χ0v) is 11.8. The minimum atomic E-state index is -4.90. The van der Waals surface area contributed by atoms with E-state index in [1.165, 1.54) is 0 Å². The van der Waals surface area contributed by atoms with Crippen LogP contribution in [0.2, 0.25) is 0 Å². The van der Waals surface area contributed by atoms with E-state index in [2.05, 4.69) is 0 Å². The lowest BCUT2D eigenvalue weighted by Crippen LogP contribution is -2.42. The number of fused-ring (bicyclic) bond motifs is 1. The number of para-hydroxylation sites is 1. The fourth-order valence-electron chi connectivity index (χ4n) is 3.10. The second-order valence-corrected chi connectivity index (χ2v) is 5.38. The van der Waals surface area contributed by atoms with Crippen molar-refractivity contribution < 1.29 is 18.0 Å². The number of benzene rings is 2. The minimum Gasteiger partial charge on any atom is -0.296 e. The number of hydrogen-bond acceptors (Lipinski definition) is 1. The summed E-state index contributed by atoms with van der Waals surface area (Å²) < 4.78 is 39.1. The predicted molar refractivity (Wildman–Crippen MR) is 77.6 cm³/mol. The Morgan fingerprint density at radius 3 is 2.23 bits per heavy atom. The number of alkyl halides is 3. The fraction of sp³-hybridized carbons (Fsp3) is 0.235. The van der Waals surface area contributed by atoms with Crippen molar-refractivity contribution in [3.8, 4) is 0 Å². The fourth-order valence-corrected chi connectivity index (χ4v) is 3.10. The Hall–Kier alpha value is -2.30. The van der Waals surface area contributed by atoms with Crippen LogP contribution in [0.1, 0.15) is 30.0 Å². The van der Waals surface area contributed by atoms with Crippen LogP contribution in [0.15, 0.2) is 54.6 Å². The Kier molecular flexibility index (Phi) is 3.43. The van der Waals surface area contributed by atoms with E-state index in [-0.39, 0.29) is 5.92 Å². The number of anilines is 1. The number of amides is 1. The van der Waals surface area contributed by atoms with E-state index >= 15 is 0 Å². The summed E-state index contributed by atoms with van der Waals surface area (Å²) in [6.07, 6.45) is -4.90. The second kappa shape index (κ2) is 5.16. The molecule has 1 heterocycles. The van der Waals surface area contributed by atoms with Crippen LogP contribution in [0, 0.1) is 0 Å². The summed E-state index contributed by atoms with van der Waals surface area (Å²) in [4.78, 5) is 12.8. The zero-order chi connectivity index (χ0) is 15.9. The average Bonchev–Trinajstić information content (AvgIpc) is 2.80. The van der Waals surface area contributed by atoms with Crippen molar-refractivity contribution in [1.82, 2.24) is 0 Å². The van der Waals surface area contributed by atoms with Gasteiger partial charge < -0.3 is 0 Å². The first-order valence-electron chi connectivity index (χ1n) is 6.95. The Morgan fingerprint density at radius 1 is 1.00 bits per heavy atom. The summed E-state index contributed by atoms with van der Waals surface area (Å²) in [6.45, 7) is 1.85. The van der Waals surface area contributed by atoms with Crippen LogP contribution in [0.5, 0.6) is 0 Å². The van der Waals surface area contributed by atoms with Crippen molar-refractivity contribution in [2.24, 2.45) is 0 Å². The Morgan fingerprint density at radius 2 is 1.59 bits per heavy atom. The zero-order valence-electron chi connectivity index (χ0n) is 11.8. The maximum absolute atomic E-state index is 13.0. The van der Waals surface area contributed by atoms with Crippen LogP contribution in [0.4, 0.5) is 18.9 Å². The summed E-state index contributed by atoms with van der Waals surface area (Å²) in [5.41, 5.74) is 1.80. The van der Waals surface area contributed by atoms with Gasteiger partial charge in [0.25, 0.3) is 0 Å². The van der Waals surface area contributed by atoms with Crippen LogP contribution in [-0.4, -0.2) is 12.1 Å². The third-order valence-corrected chi connectivity index (χ3v) is 4.04. The molecule has 114 valence electrons. The number of carbonyl (C=O) groups excluding carboxylic acids is 1. The van der Waals surface area contributed by atoms with E-state index < -0.39 is 18.1 Å². The van der Waals surface area contributed by atoms with Gasteiger partial charge in [-0.25, -0.2) is 0 Å². The number of carbonyl (C=O) groups is 1. The molecule has 0 aromatic heterocycles. The summed E-state index contributed by atoms with van der Waals surface area (Å²) >= 11 is 0. The quantitative estimate of drug-likeness (QED) is 0.762. The molecule has 0 unspecified atom stereocenters. The van der Waals surface area contributed by atoms with Gasteiger partial charge in [-0.15, -0.1) is 0 Å². The highest BCUT2D eigenvalue weighted by Gasteiger charge is 2.50. The molecule has 0 radical (unpaired) electrons. The maximum atomic E-state index is 13.0. The van der Waals surface area contributed by atoms with Gasteiger partial charge in [0.1, 0.15) is 0 Å². The van der Waals surface area contributed by atoms with E-state index in [9.17, 15) is 18.0 Å². The Balaban J connectivity index is 2.15. The topological polar surface area (TPSA) is 20.3 Å². The van der Waals surface area contributed by atoms with E-state index in [4.69, 9.17) is 0 Å². The lowest BCUT2D eigenvalue weighted by molar-refractivity contribution is -0.171. The highest BCUT2D eigenvalue weighted by molar-refractivity contribution is 6.00. The molecule has 0 N–H and O–H groups in total. The molecule has 2 aromatic rings. The highest BCUT2D eigenvalue weighted by Crippen LogP contribution is 2.49. The third-order valence-electron chi connectivity index (χ3n) is 4.04. The van der Waals surface area contributed by atoms with Crippen molar-refractivity contribution in [2.75, 3.05) is 4.90 Å². The number of halogens is 3. The van der Waals surface area contributed by atoms with Gasteiger partial charge in [-0.2, -0.15) is 13.2 Å². The SMILES string of the molecule is C[C@@H]1c2ccccc2N(C(=O)C(F)(F)F)[C@H]1c1ccccc1. The smallest absolute Gasteiger partial charge is 0.296 e. The van der Waals surface area contributed by atoms with Gasteiger partial charge in [0.05, 0.1) is 6.04 Å². The molecular formula is C17H14F3NO. The van der Waals surface area contributed by atoms with E-state index in [1.54, 1.807) is 54.6 Å². The second-order valence-electron chi connectivity index (χ2n) is 5.38. The molecule has 3 rings (SSSR count).